The molecule has 0 fully saturated rings. The molecule has 0 unspecified atom stereocenters. The van der Waals surface area contributed by atoms with Crippen molar-refractivity contribution in [2.75, 3.05) is 26.3 Å². The van der Waals surface area contributed by atoms with Crippen molar-refractivity contribution in [2.24, 2.45) is 0 Å². The minimum absolute atomic E-state index is 0.172. The Morgan fingerprint density at radius 2 is 2.04 bits per heavy atom. The molecule has 2 aromatic rings. The number of halogens is 1. The van der Waals surface area contributed by atoms with Crippen LogP contribution in [0.25, 0.3) is 5.70 Å². The van der Waals surface area contributed by atoms with E-state index in [0.717, 1.165) is 6.54 Å². The molecule has 2 heterocycles. The second-order valence-corrected chi connectivity index (χ2v) is 6.21. The number of rotatable bonds is 6. The molecule has 1 aliphatic rings. The van der Waals surface area contributed by atoms with Gasteiger partial charge in [-0.2, -0.15) is 5.10 Å². The van der Waals surface area contributed by atoms with Gasteiger partial charge in [-0.1, -0.05) is 25.1 Å². The smallest absolute Gasteiger partial charge is 0.283 e. The molecule has 0 atom stereocenters. The summed E-state index contributed by atoms with van der Waals surface area (Å²) in [6.07, 6.45) is 3.36. The van der Waals surface area contributed by atoms with Crippen LogP contribution in [0.2, 0.25) is 0 Å². The van der Waals surface area contributed by atoms with Gasteiger partial charge in [-0.3, -0.25) is 19.7 Å². The summed E-state index contributed by atoms with van der Waals surface area (Å²) < 4.78 is 15.5. The van der Waals surface area contributed by atoms with Crippen LogP contribution in [-0.4, -0.2) is 50.8 Å². The average Bonchev–Trinajstić information content (AvgIpc) is 3.10. The van der Waals surface area contributed by atoms with Gasteiger partial charge < -0.3 is 4.90 Å². The van der Waals surface area contributed by atoms with Crippen molar-refractivity contribution < 1.29 is 9.31 Å². The summed E-state index contributed by atoms with van der Waals surface area (Å²) in [6, 6.07) is 6.53. The van der Waals surface area contributed by atoms with Gasteiger partial charge in [0.1, 0.15) is 11.5 Å². The van der Waals surface area contributed by atoms with Crippen molar-refractivity contribution in [3.8, 4) is 0 Å². The second-order valence-electron chi connectivity index (χ2n) is 6.21. The first-order valence-electron chi connectivity index (χ1n) is 8.64. The Bertz CT molecular complexity index is 832. The third-order valence-electron chi connectivity index (χ3n) is 4.58. The highest BCUT2D eigenvalue weighted by Gasteiger charge is 2.32. The van der Waals surface area contributed by atoms with Crippen LogP contribution in [0, 0.1) is 15.9 Å². The van der Waals surface area contributed by atoms with E-state index in [1.54, 1.807) is 35.3 Å². The van der Waals surface area contributed by atoms with Crippen molar-refractivity contribution in [3.05, 3.63) is 69.4 Å². The Morgan fingerprint density at radius 3 is 2.69 bits per heavy atom. The summed E-state index contributed by atoms with van der Waals surface area (Å²) in [7, 11) is 0. The fraction of sp³-hybridized carbons (Fsp3) is 0.389. The van der Waals surface area contributed by atoms with Gasteiger partial charge in [0.25, 0.3) is 5.70 Å². The van der Waals surface area contributed by atoms with Crippen molar-refractivity contribution in [3.63, 3.8) is 0 Å². The minimum Gasteiger partial charge on any atom is -0.353 e. The van der Waals surface area contributed by atoms with Crippen LogP contribution in [0.1, 0.15) is 25.0 Å². The number of aromatic nitrogens is 2. The first-order valence-corrected chi connectivity index (χ1v) is 8.64. The van der Waals surface area contributed by atoms with Crippen LogP contribution in [0.15, 0.2) is 42.4 Å². The zero-order valence-corrected chi connectivity index (χ0v) is 14.9. The van der Waals surface area contributed by atoms with Crippen LogP contribution in [-0.2, 0) is 6.54 Å². The molecule has 0 aliphatic carbocycles. The fourth-order valence-electron chi connectivity index (χ4n) is 3.17. The first kappa shape index (κ1) is 18.1. The van der Waals surface area contributed by atoms with Crippen molar-refractivity contribution in [1.29, 1.82) is 0 Å². The topological polar surface area (TPSA) is 67.4 Å². The summed E-state index contributed by atoms with van der Waals surface area (Å²) >= 11 is 0. The standard InChI is InChI=1S/C18H22FN5O2/c1-3-21-12-17(24(25)26)18(22(4-2)13-21)15-9-20-23(11-15)10-14-7-5-6-8-16(14)19/h5-9,11H,3-4,10,12-13H2,1-2H3. The van der Waals surface area contributed by atoms with E-state index >= 15 is 0 Å². The van der Waals surface area contributed by atoms with Crippen molar-refractivity contribution >= 4 is 5.70 Å². The predicted octanol–water partition coefficient (Wildman–Crippen LogP) is 2.63. The van der Waals surface area contributed by atoms with E-state index < -0.39 is 0 Å². The molecule has 7 nitrogen and oxygen atoms in total. The second kappa shape index (κ2) is 7.65. The Kier molecular flexibility index (Phi) is 5.32. The molecule has 0 radical (unpaired) electrons. The van der Waals surface area contributed by atoms with E-state index in [0.29, 0.717) is 36.6 Å². The third-order valence-corrected chi connectivity index (χ3v) is 4.58. The van der Waals surface area contributed by atoms with E-state index in [2.05, 4.69) is 5.10 Å². The van der Waals surface area contributed by atoms with Crippen LogP contribution in [0.4, 0.5) is 4.39 Å². The zero-order chi connectivity index (χ0) is 18.7. The third kappa shape index (κ3) is 3.60. The molecule has 0 bridgehead atoms. The van der Waals surface area contributed by atoms with Crippen LogP contribution >= 0.6 is 0 Å². The Hall–Kier alpha value is -2.74. The number of hydrogen-bond donors (Lipinski definition) is 0. The molecule has 1 aliphatic heterocycles. The predicted molar refractivity (Wildman–Crippen MR) is 96.1 cm³/mol. The molecular weight excluding hydrogens is 337 g/mol. The maximum atomic E-state index is 13.8. The molecule has 0 amide bonds. The van der Waals surface area contributed by atoms with Crippen LogP contribution < -0.4 is 0 Å². The van der Waals surface area contributed by atoms with Gasteiger partial charge in [-0.15, -0.1) is 0 Å². The molecule has 1 aromatic heterocycles. The molecule has 0 saturated carbocycles. The van der Waals surface area contributed by atoms with Gasteiger partial charge in [0.05, 0.1) is 30.9 Å². The van der Waals surface area contributed by atoms with Crippen molar-refractivity contribution in [1.82, 2.24) is 19.6 Å². The van der Waals surface area contributed by atoms with Gasteiger partial charge in [-0.05, 0) is 19.5 Å². The molecule has 3 rings (SSSR count). The van der Waals surface area contributed by atoms with Gasteiger partial charge in [0.2, 0.25) is 0 Å². The monoisotopic (exact) mass is 359 g/mol. The normalized spacial score (nSPS) is 15.6. The lowest BCUT2D eigenvalue weighted by Gasteiger charge is -2.35. The first-order chi connectivity index (χ1) is 12.5. The average molecular weight is 359 g/mol. The molecular formula is C18H22FN5O2. The van der Waals surface area contributed by atoms with E-state index in [1.807, 2.05) is 23.6 Å². The molecule has 1 aromatic carbocycles. The van der Waals surface area contributed by atoms with Gasteiger partial charge in [0, 0.05) is 23.9 Å². The van der Waals surface area contributed by atoms with Crippen LogP contribution in [0.3, 0.4) is 0 Å². The van der Waals surface area contributed by atoms with Gasteiger partial charge >= 0.3 is 0 Å². The lowest BCUT2D eigenvalue weighted by Crippen LogP contribution is -2.44. The Balaban J connectivity index is 1.94. The number of nitro groups is 1. The molecule has 8 heteroatoms. The molecule has 138 valence electrons. The highest BCUT2D eigenvalue weighted by Crippen LogP contribution is 2.28. The Labute approximate surface area is 151 Å². The highest BCUT2D eigenvalue weighted by molar-refractivity contribution is 5.65. The lowest BCUT2D eigenvalue weighted by atomic mass is 10.1. The quantitative estimate of drug-likeness (QED) is 0.586. The largest absolute Gasteiger partial charge is 0.353 e. The number of nitrogens with zero attached hydrogens (tertiary/aromatic N) is 5. The highest BCUT2D eigenvalue weighted by atomic mass is 19.1. The summed E-state index contributed by atoms with van der Waals surface area (Å²) in [5.74, 6) is -0.291. The van der Waals surface area contributed by atoms with Gasteiger partial charge in [-0.25, -0.2) is 4.39 Å². The molecule has 26 heavy (non-hydrogen) atoms. The molecule has 0 N–H and O–H groups in total. The van der Waals surface area contributed by atoms with E-state index in [1.165, 1.54) is 6.07 Å². The fourth-order valence-corrected chi connectivity index (χ4v) is 3.17. The van der Waals surface area contributed by atoms with E-state index in [4.69, 9.17) is 0 Å². The molecule has 0 spiro atoms. The van der Waals surface area contributed by atoms with Gasteiger partial charge in [0.15, 0.2) is 0 Å². The number of benzene rings is 1. The summed E-state index contributed by atoms with van der Waals surface area (Å²) in [4.78, 5) is 15.3. The minimum atomic E-state index is -0.311. The lowest BCUT2D eigenvalue weighted by molar-refractivity contribution is -0.429. The van der Waals surface area contributed by atoms with Crippen molar-refractivity contribution in [2.45, 2.75) is 20.4 Å². The summed E-state index contributed by atoms with van der Waals surface area (Å²) in [5.41, 5.74) is 1.98. The van der Waals surface area contributed by atoms with Crippen LogP contribution in [0.5, 0.6) is 0 Å². The maximum absolute atomic E-state index is 13.8. The summed E-state index contributed by atoms with van der Waals surface area (Å²) in [6.45, 7) is 6.58. The SMILES string of the molecule is CCN1CC([N+](=O)[O-])=C(c2cnn(Cc3ccccc3F)c2)N(CC)C1. The zero-order valence-electron chi connectivity index (χ0n) is 14.9. The number of hydrogen-bond acceptors (Lipinski definition) is 5. The molecule has 0 saturated heterocycles. The maximum Gasteiger partial charge on any atom is 0.283 e. The van der Waals surface area contributed by atoms with E-state index in [9.17, 15) is 14.5 Å². The summed E-state index contributed by atoms with van der Waals surface area (Å²) in [5, 5.41) is 15.9. The Morgan fingerprint density at radius 1 is 1.27 bits per heavy atom. The van der Waals surface area contributed by atoms with E-state index in [-0.39, 0.29) is 23.0 Å². The number of likely N-dealkylation sites (N-methyl/N-ethyl adjacent to an activating group) is 1.